The Balaban J connectivity index is 2.52. The molecule has 0 aromatic rings. The summed E-state index contributed by atoms with van der Waals surface area (Å²) < 4.78 is 0. The molecule has 0 radical (unpaired) electrons. The first-order chi connectivity index (χ1) is 5.29. The highest BCUT2D eigenvalue weighted by Gasteiger charge is 2.23. The van der Waals surface area contributed by atoms with Gasteiger partial charge in [-0.1, -0.05) is 13.0 Å². The number of aliphatic hydroxyl groups excluding tert-OH is 2. The lowest BCUT2D eigenvalue weighted by Crippen LogP contribution is -2.16. The van der Waals surface area contributed by atoms with Crippen molar-refractivity contribution < 1.29 is 10.2 Å². The van der Waals surface area contributed by atoms with Gasteiger partial charge in [-0.05, 0) is 30.3 Å². The molecule has 2 atom stereocenters. The number of allylic oxidation sites excluding steroid dienone is 1. The Bertz CT molecular complexity index is 152. The van der Waals surface area contributed by atoms with Gasteiger partial charge in [0.15, 0.2) is 0 Å². The monoisotopic (exact) mass is 156 g/mol. The smallest absolute Gasteiger partial charge is 0.0644 e. The number of hydrogen-bond acceptors (Lipinski definition) is 2. The summed E-state index contributed by atoms with van der Waals surface area (Å²) in [6.45, 7) is 2.41. The molecule has 2 heteroatoms. The summed E-state index contributed by atoms with van der Waals surface area (Å²) in [6, 6.07) is 0. The minimum Gasteiger partial charge on any atom is -0.396 e. The van der Waals surface area contributed by atoms with Gasteiger partial charge in [-0.25, -0.2) is 0 Å². The van der Waals surface area contributed by atoms with Crippen LogP contribution in [0.3, 0.4) is 0 Å². The van der Waals surface area contributed by atoms with Crippen molar-refractivity contribution in [3.8, 4) is 0 Å². The molecular weight excluding hydrogens is 140 g/mol. The van der Waals surface area contributed by atoms with Crippen LogP contribution in [0.5, 0.6) is 0 Å². The summed E-state index contributed by atoms with van der Waals surface area (Å²) in [6.07, 6.45) is 4.25. The second kappa shape index (κ2) is 3.88. The average Bonchev–Trinajstić information content (AvgIpc) is 2.50. The molecule has 0 aromatic heterocycles. The van der Waals surface area contributed by atoms with Crippen molar-refractivity contribution in [3.63, 3.8) is 0 Å². The van der Waals surface area contributed by atoms with Gasteiger partial charge < -0.3 is 10.2 Å². The van der Waals surface area contributed by atoms with Crippen LogP contribution in [0.2, 0.25) is 0 Å². The largest absolute Gasteiger partial charge is 0.396 e. The molecule has 0 saturated carbocycles. The normalized spacial score (nSPS) is 26.8. The van der Waals surface area contributed by atoms with Gasteiger partial charge in [0, 0.05) is 6.61 Å². The molecule has 0 aromatic carbocycles. The first kappa shape index (κ1) is 8.75. The number of rotatable bonds is 3. The summed E-state index contributed by atoms with van der Waals surface area (Å²) in [5.74, 6) is 0.723. The van der Waals surface area contributed by atoms with E-state index in [0.717, 1.165) is 18.4 Å². The van der Waals surface area contributed by atoms with Gasteiger partial charge in [0.1, 0.15) is 0 Å². The molecular formula is C9H16O2. The predicted molar refractivity (Wildman–Crippen MR) is 44.1 cm³/mol. The minimum atomic E-state index is 0.162. The first-order valence-electron chi connectivity index (χ1n) is 4.20. The van der Waals surface area contributed by atoms with Crippen LogP contribution in [0.4, 0.5) is 0 Å². The van der Waals surface area contributed by atoms with Gasteiger partial charge in [-0.15, -0.1) is 0 Å². The second-order valence-electron chi connectivity index (χ2n) is 3.28. The molecule has 0 fully saturated rings. The Hall–Kier alpha value is -0.340. The zero-order valence-corrected chi connectivity index (χ0v) is 6.95. The molecule has 2 nitrogen and oxygen atoms in total. The van der Waals surface area contributed by atoms with E-state index in [1.807, 2.05) is 6.92 Å². The van der Waals surface area contributed by atoms with Crippen molar-refractivity contribution in [2.45, 2.75) is 19.8 Å². The fourth-order valence-corrected chi connectivity index (χ4v) is 1.74. The highest BCUT2D eigenvalue weighted by molar-refractivity contribution is 5.13. The molecule has 0 amide bonds. The Morgan fingerprint density at radius 3 is 2.91 bits per heavy atom. The van der Waals surface area contributed by atoms with Crippen LogP contribution >= 0.6 is 0 Å². The van der Waals surface area contributed by atoms with E-state index in [-0.39, 0.29) is 13.2 Å². The van der Waals surface area contributed by atoms with E-state index in [4.69, 9.17) is 10.2 Å². The molecule has 64 valence electrons. The molecule has 1 aliphatic carbocycles. The molecule has 0 unspecified atom stereocenters. The quantitative estimate of drug-likeness (QED) is 0.597. The van der Waals surface area contributed by atoms with Gasteiger partial charge in [0.25, 0.3) is 0 Å². The topological polar surface area (TPSA) is 40.5 Å². The maximum Gasteiger partial charge on any atom is 0.0644 e. The highest BCUT2D eigenvalue weighted by atomic mass is 16.3. The lowest BCUT2D eigenvalue weighted by Gasteiger charge is -2.19. The third-order valence-corrected chi connectivity index (χ3v) is 2.52. The van der Waals surface area contributed by atoms with Crippen LogP contribution < -0.4 is 0 Å². The standard InChI is InChI=1S/C9H16O2/c1-7(5-10)9-4-2-3-8(9)6-11/h3,7,9-11H,2,4-6H2,1H3/t7-,9-/m0/s1. The predicted octanol–water partition coefficient (Wildman–Crippen LogP) is 0.944. The van der Waals surface area contributed by atoms with E-state index in [1.54, 1.807) is 0 Å². The van der Waals surface area contributed by atoms with E-state index in [1.165, 1.54) is 0 Å². The fraction of sp³-hybridized carbons (Fsp3) is 0.778. The zero-order chi connectivity index (χ0) is 8.27. The average molecular weight is 156 g/mol. The van der Waals surface area contributed by atoms with Crippen LogP contribution in [-0.2, 0) is 0 Å². The fourth-order valence-electron chi connectivity index (χ4n) is 1.74. The van der Waals surface area contributed by atoms with Crippen molar-refractivity contribution >= 4 is 0 Å². The molecule has 1 aliphatic rings. The van der Waals surface area contributed by atoms with Crippen LogP contribution in [0.15, 0.2) is 11.6 Å². The van der Waals surface area contributed by atoms with E-state index in [0.29, 0.717) is 11.8 Å². The summed E-state index contributed by atoms with van der Waals surface area (Å²) in [5.41, 5.74) is 1.12. The van der Waals surface area contributed by atoms with Crippen molar-refractivity contribution in [2.75, 3.05) is 13.2 Å². The van der Waals surface area contributed by atoms with Crippen LogP contribution in [0.25, 0.3) is 0 Å². The first-order valence-corrected chi connectivity index (χ1v) is 4.20. The summed E-state index contributed by atoms with van der Waals surface area (Å²) >= 11 is 0. The molecule has 1 rings (SSSR count). The Kier molecular flexibility index (Phi) is 3.09. The van der Waals surface area contributed by atoms with E-state index in [9.17, 15) is 0 Å². The SMILES string of the molecule is C[C@@H](CO)[C@@H]1CCC=C1CO. The van der Waals surface area contributed by atoms with Crippen LogP contribution in [0.1, 0.15) is 19.8 Å². The van der Waals surface area contributed by atoms with Gasteiger partial charge in [-0.3, -0.25) is 0 Å². The number of aliphatic hydroxyl groups is 2. The minimum absolute atomic E-state index is 0.162. The molecule has 0 saturated heterocycles. The Labute approximate surface area is 67.6 Å². The molecule has 2 N–H and O–H groups in total. The summed E-state index contributed by atoms with van der Waals surface area (Å²) in [7, 11) is 0. The number of hydrogen-bond donors (Lipinski definition) is 2. The lowest BCUT2D eigenvalue weighted by atomic mass is 9.89. The van der Waals surface area contributed by atoms with Crippen LogP contribution in [0, 0.1) is 11.8 Å². The third kappa shape index (κ3) is 1.82. The molecule has 0 spiro atoms. The zero-order valence-electron chi connectivity index (χ0n) is 6.95. The Morgan fingerprint density at radius 1 is 1.64 bits per heavy atom. The summed E-state index contributed by atoms with van der Waals surface area (Å²) in [5, 5.41) is 17.8. The van der Waals surface area contributed by atoms with Crippen molar-refractivity contribution in [2.24, 2.45) is 11.8 Å². The van der Waals surface area contributed by atoms with Crippen molar-refractivity contribution in [1.82, 2.24) is 0 Å². The van der Waals surface area contributed by atoms with Gasteiger partial charge in [0.05, 0.1) is 6.61 Å². The molecule has 0 heterocycles. The van der Waals surface area contributed by atoms with E-state index in [2.05, 4.69) is 6.08 Å². The summed E-state index contributed by atoms with van der Waals surface area (Å²) in [4.78, 5) is 0. The lowest BCUT2D eigenvalue weighted by molar-refractivity contribution is 0.193. The third-order valence-electron chi connectivity index (χ3n) is 2.52. The maximum atomic E-state index is 8.93. The van der Waals surface area contributed by atoms with Crippen molar-refractivity contribution in [1.29, 1.82) is 0 Å². The Morgan fingerprint density at radius 2 is 2.36 bits per heavy atom. The molecule has 0 aliphatic heterocycles. The molecule has 11 heavy (non-hydrogen) atoms. The highest BCUT2D eigenvalue weighted by Crippen LogP contribution is 2.31. The maximum absolute atomic E-state index is 8.93. The van der Waals surface area contributed by atoms with Gasteiger partial charge in [-0.2, -0.15) is 0 Å². The van der Waals surface area contributed by atoms with E-state index >= 15 is 0 Å². The van der Waals surface area contributed by atoms with Gasteiger partial charge in [0.2, 0.25) is 0 Å². The van der Waals surface area contributed by atoms with Crippen molar-refractivity contribution in [3.05, 3.63) is 11.6 Å². The van der Waals surface area contributed by atoms with Gasteiger partial charge >= 0.3 is 0 Å². The second-order valence-corrected chi connectivity index (χ2v) is 3.28. The van der Waals surface area contributed by atoms with E-state index < -0.39 is 0 Å². The molecule has 0 bridgehead atoms. The van der Waals surface area contributed by atoms with Crippen LogP contribution in [-0.4, -0.2) is 23.4 Å².